The Bertz CT molecular complexity index is 3570. The number of amides is 3. The molecule has 672 valence electrons. The van der Waals surface area contributed by atoms with Crippen molar-refractivity contribution in [3.8, 4) is 0 Å². The Labute approximate surface area is 716 Å². The summed E-state index contributed by atoms with van der Waals surface area (Å²) in [6.07, 6.45) is 40.6. The van der Waals surface area contributed by atoms with E-state index < -0.39 is 0 Å². The molecule has 5 aromatic heterocycles. The summed E-state index contributed by atoms with van der Waals surface area (Å²) in [5, 5.41) is 69.3. The maximum absolute atomic E-state index is 12.2. The molecule has 6 saturated heterocycles. The van der Waals surface area contributed by atoms with Gasteiger partial charge in [-0.3, -0.25) is 33.7 Å². The van der Waals surface area contributed by atoms with Crippen molar-refractivity contribution in [2.75, 3.05) is 85.1 Å². The summed E-state index contributed by atoms with van der Waals surface area (Å²) >= 11 is 0. The van der Waals surface area contributed by atoms with Gasteiger partial charge in [0.25, 0.3) is 0 Å². The summed E-state index contributed by atoms with van der Waals surface area (Å²) in [4.78, 5) is 85.9. The Morgan fingerprint density at radius 2 is 0.750 bits per heavy atom. The molecule has 8 N–H and O–H groups in total. The fourth-order valence-electron chi connectivity index (χ4n) is 16.6. The smallest absolute Gasteiger partial charge is 0.222 e. The predicted molar refractivity (Wildman–Crippen MR) is 469 cm³/mol. The molecule has 1 atom stereocenters. The molecule has 32 nitrogen and oxygen atoms in total. The predicted octanol–water partition coefficient (Wildman–Crippen LogP) is 11.3. The van der Waals surface area contributed by atoms with Crippen molar-refractivity contribution in [1.82, 2.24) is 122 Å². The van der Waals surface area contributed by atoms with E-state index in [2.05, 4.69) is 211 Å². The normalized spacial score (nSPS) is 18.2. The van der Waals surface area contributed by atoms with Gasteiger partial charge in [0.15, 0.2) is 0 Å². The van der Waals surface area contributed by atoms with Crippen LogP contribution in [0.1, 0.15) is 291 Å². The third-order valence-corrected chi connectivity index (χ3v) is 24.4. The summed E-state index contributed by atoms with van der Waals surface area (Å²) in [5.74, 6) is 3.93. The van der Waals surface area contributed by atoms with Gasteiger partial charge in [0.1, 0.15) is 17.3 Å². The third kappa shape index (κ3) is 41.4. The van der Waals surface area contributed by atoms with Crippen LogP contribution in [-0.2, 0) is 60.9 Å². The maximum atomic E-state index is 12.2. The molecule has 7 aliphatic heterocycles. The van der Waals surface area contributed by atoms with E-state index in [1.807, 2.05) is 11.1 Å². The highest BCUT2D eigenvalue weighted by Gasteiger charge is 2.31. The van der Waals surface area contributed by atoms with Crippen LogP contribution in [0.2, 0.25) is 0 Å². The second-order valence-electron chi connectivity index (χ2n) is 36.0. The molecule has 3 amide bonds. The summed E-state index contributed by atoms with van der Waals surface area (Å²) in [6, 6.07) is 4.88. The first-order valence-electron chi connectivity index (χ1n) is 46.0. The van der Waals surface area contributed by atoms with Crippen molar-refractivity contribution in [3.05, 3.63) is 71.2 Å². The van der Waals surface area contributed by atoms with Crippen LogP contribution in [-0.4, -0.2) is 281 Å². The topological polar surface area (TPSA) is 391 Å². The summed E-state index contributed by atoms with van der Waals surface area (Å²) in [5.41, 5.74) is 5.95. The van der Waals surface area contributed by atoms with Crippen LogP contribution in [0.15, 0.2) is 53.0 Å². The third-order valence-electron chi connectivity index (χ3n) is 24.4. The van der Waals surface area contributed by atoms with Crippen molar-refractivity contribution in [2.24, 2.45) is 28.0 Å². The van der Waals surface area contributed by atoms with Gasteiger partial charge in [-0.1, -0.05) is 13.8 Å². The van der Waals surface area contributed by atoms with Crippen molar-refractivity contribution in [2.45, 2.75) is 349 Å². The number of aromatic amines is 5. The zero-order valence-corrected chi connectivity index (χ0v) is 75.4. The number of Topliss-reactive ketones (excluding diaryl/α,β-unsaturated/α-hetero) is 3. The number of azo groups is 1. The van der Waals surface area contributed by atoms with E-state index in [-0.39, 0.29) is 11.8 Å². The van der Waals surface area contributed by atoms with Gasteiger partial charge in [-0.2, -0.15) is 87.3 Å². The monoisotopic (exact) mass is 1670 g/mol. The molecule has 7 aliphatic rings. The first kappa shape index (κ1) is 99.3. The molecule has 12 heterocycles. The van der Waals surface area contributed by atoms with Gasteiger partial charge < -0.3 is 40.4 Å². The minimum absolute atomic E-state index is 0.152. The highest BCUT2D eigenvalue weighted by molar-refractivity contribution is 5.80. The molecule has 0 spiro atoms. The van der Waals surface area contributed by atoms with E-state index in [1.54, 1.807) is 31.0 Å². The number of aromatic nitrogens is 15. The number of nitrogens with one attached hydrogen (secondary N) is 8. The van der Waals surface area contributed by atoms with E-state index >= 15 is 0 Å². The summed E-state index contributed by atoms with van der Waals surface area (Å²) in [7, 11) is 0. The highest BCUT2D eigenvalue weighted by Crippen LogP contribution is 2.27. The molecule has 120 heavy (non-hydrogen) atoms. The van der Waals surface area contributed by atoms with Crippen LogP contribution >= 0.6 is 0 Å². The quantitative estimate of drug-likeness (QED) is 0.0168. The molecule has 0 aliphatic carbocycles. The molecule has 12 rings (SSSR count). The average molecular weight is 1670 g/mol. The van der Waals surface area contributed by atoms with Crippen LogP contribution < -0.4 is 16.0 Å². The number of ketones is 3. The number of aryl methyl sites for hydroxylation is 5. The van der Waals surface area contributed by atoms with E-state index in [9.17, 15) is 28.8 Å². The standard InChI is InChI=1S/C17H29N3O.2C15H27N5O.C15H26N4O.C13H23N5O.C13H22N4O/c1-14(2)20-10-8-15(9-11-20)6-7-17(21)5-3-4-16-12-18-19-13-16;1-12(2)20-9-7-13(8-10-20)17-15(21)6-4-3-5-14-11-16-19-18-14;1-12(2)17-13-7-9-20(10-8-13)15(21)6-4-3-5-14-11-16-19-18-14;1-12(2)19-9-7-13(8-10-19)3-5-15(20)6-4-14-11-16-18-17-14;1-10(2)18-7-6-12(9-18)15-13(19)5-3-4-11-8-14-17-16-11;1-10(2)17-8-11(9-17)6-13(18)5-3-4-12-7-14-16-15-12/h12,14-15H,3-11,13H2,1-2H3;11-13H,3-10H2,1-2H3,(H,17,21)(H,16,18,19);11-13,17H,3-10H2,1-2H3,(H,16,18,19);11-13H,3-10H2,1-2H3,(H,16,17,18);8,10,12H,3-7,9H2,1-2H3,(H,15,19)(H,14,16,17);7,10-11H,3-6,8-9H2,1-2H3,(H,14,15,16). The molecule has 0 aromatic carbocycles. The first-order valence-corrected chi connectivity index (χ1v) is 46.0. The largest absolute Gasteiger partial charge is 0.353 e. The first-order chi connectivity index (χ1) is 57.9. The van der Waals surface area contributed by atoms with Gasteiger partial charge in [-0.25, -0.2) is 0 Å². The fourth-order valence-corrected chi connectivity index (χ4v) is 16.6. The lowest BCUT2D eigenvalue weighted by atomic mass is 9.90. The van der Waals surface area contributed by atoms with E-state index in [0.717, 1.165) is 247 Å². The minimum Gasteiger partial charge on any atom is -0.353 e. The van der Waals surface area contributed by atoms with Crippen LogP contribution in [0.3, 0.4) is 0 Å². The lowest BCUT2D eigenvalue weighted by Crippen LogP contribution is -2.50. The Balaban J connectivity index is 0.000000199. The SMILES string of the molecule is CC(C)N1CC(CC(=O)CCCc2cn[nH]n2)C1.CC(C)N1CCC(CCC(=O)CCCC2=CN=NC2)CC1.CC(C)N1CCC(CCC(=O)CCc2cn[nH]n2)CC1.CC(C)N1CCC(NC(=O)CCCCc2cn[nH]n2)CC1.CC(C)N1CCC(NC(=O)CCCc2cn[nH]n2)C1.CC(C)NC1CCN(C(=O)CCCCc2cn[nH]n2)CC1. The number of hydrogen-bond donors (Lipinski definition) is 8. The summed E-state index contributed by atoms with van der Waals surface area (Å²) < 4.78 is 0. The number of likely N-dealkylation sites (tertiary alicyclic amines) is 6. The van der Waals surface area contributed by atoms with Gasteiger partial charge in [-0.15, -0.1) is 0 Å². The number of unbranched alkanes of at least 4 members (excludes halogenated alkanes) is 2. The lowest BCUT2D eigenvalue weighted by molar-refractivity contribution is -0.132. The second-order valence-corrected chi connectivity index (χ2v) is 36.0. The van der Waals surface area contributed by atoms with Gasteiger partial charge in [-0.05, 0) is 273 Å². The number of hydrogen-bond acceptors (Lipinski definition) is 24. The Hall–Kier alpha value is -7.78. The maximum Gasteiger partial charge on any atom is 0.222 e. The zero-order valence-electron chi connectivity index (χ0n) is 75.4. The number of carbonyl (C=O) groups is 6. The molecule has 32 heteroatoms. The lowest BCUT2D eigenvalue weighted by Gasteiger charge is -2.41. The Morgan fingerprint density at radius 3 is 1.18 bits per heavy atom. The zero-order chi connectivity index (χ0) is 86.2. The van der Waals surface area contributed by atoms with E-state index in [1.165, 1.54) is 57.4 Å². The van der Waals surface area contributed by atoms with Crippen molar-refractivity contribution in [1.29, 1.82) is 0 Å². The molecular formula is C88H154N26O6. The number of rotatable bonds is 42. The van der Waals surface area contributed by atoms with Gasteiger partial charge in [0, 0.05) is 165 Å². The van der Waals surface area contributed by atoms with Gasteiger partial charge in [0.05, 0.1) is 72.2 Å². The number of H-pyrrole nitrogens is 5. The number of nitrogens with zero attached hydrogens (tertiary/aromatic N) is 18. The average Bonchev–Trinajstić information content (AvgIpc) is 1.08. The Morgan fingerprint density at radius 1 is 0.367 bits per heavy atom. The summed E-state index contributed by atoms with van der Waals surface area (Å²) in [6.45, 7) is 40.4. The minimum atomic E-state index is 0.152. The molecule has 0 saturated carbocycles. The molecule has 0 bridgehead atoms. The van der Waals surface area contributed by atoms with Gasteiger partial charge in [0.2, 0.25) is 17.7 Å². The molecular weight excluding hydrogens is 1520 g/mol. The van der Waals surface area contributed by atoms with Crippen LogP contribution in [0.5, 0.6) is 0 Å². The fraction of sp³-hybridized carbons (Fsp3) is 0.795. The van der Waals surface area contributed by atoms with Crippen molar-refractivity contribution in [3.63, 3.8) is 0 Å². The molecule has 6 fully saturated rings. The van der Waals surface area contributed by atoms with E-state index in [4.69, 9.17) is 0 Å². The second kappa shape index (κ2) is 56.8. The van der Waals surface area contributed by atoms with Crippen LogP contribution in [0, 0.1) is 17.8 Å². The van der Waals surface area contributed by atoms with E-state index in [0.29, 0.717) is 122 Å². The highest BCUT2D eigenvalue weighted by atomic mass is 16.2. The van der Waals surface area contributed by atoms with Crippen LogP contribution in [0.25, 0.3) is 0 Å². The van der Waals surface area contributed by atoms with Gasteiger partial charge >= 0.3 is 0 Å². The molecule has 0 radical (unpaired) electrons. The van der Waals surface area contributed by atoms with Crippen LogP contribution in [0.4, 0.5) is 0 Å². The van der Waals surface area contributed by atoms with Crippen molar-refractivity contribution >= 4 is 35.1 Å². The Kier molecular flexibility index (Phi) is 47.0. The number of piperidine rings is 4. The molecule has 1 unspecified atom stereocenters. The number of carbonyl (C=O) groups excluding carboxylic acids is 6. The van der Waals surface area contributed by atoms with Crippen molar-refractivity contribution < 1.29 is 28.8 Å². The molecule has 5 aromatic rings.